The summed E-state index contributed by atoms with van der Waals surface area (Å²) in [6.45, 7) is 8.74. The molecule has 96 valence electrons. The van der Waals surface area contributed by atoms with Gasteiger partial charge in [-0.15, -0.1) is 0 Å². The zero-order chi connectivity index (χ0) is 12.5. The van der Waals surface area contributed by atoms with Crippen molar-refractivity contribution < 1.29 is 8.42 Å². The summed E-state index contributed by atoms with van der Waals surface area (Å²) >= 11 is 0. The normalized spacial score (nSPS) is 34.9. The molecule has 0 saturated carbocycles. The fraction of sp³-hybridized carbons (Fsp3) is 1.00. The second-order valence-corrected chi connectivity index (χ2v) is 7.52. The van der Waals surface area contributed by atoms with Crippen LogP contribution in [0.1, 0.15) is 34.1 Å². The molecule has 4 atom stereocenters. The van der Waals surface area contributed by atoms with Gasteiger partial charge in [-0.1, -0.05) is 13.8 Å². The monoisotopic (exact) mass is 248 g/mol. The third-order valence-corrected chi connectivity index (χ3v) is 6.06. The van der Waals surface area contributed by atoms with Crippen molar-refractivity contribution in [1.82, 2.24) is 4.31 Å². The Morgan fingerprint density at radius 2 is 1.94 bits per heavy atom. The highest BCUT2D eigenvalue weighted by atomic mass is 32.2. The van der Waals surface area contributed by atoms with Crippen molar-refractivity contribution in [2.75, 3.05) is 13.1 Å². The molecule has 1 rings (SSSR count). The number of sulfonamides is 1. The lowest BCUT2D eigenvalue weighted by atomic mass is 9.88. The van der Waals surface area contributed by atoms with Gasteiger partial charge in [0.15, 0.2) is 0 Å². The molecule has 1 aliphatic heterocycles. The molecular weight excluding hydrogens is 224 g/mol. The van der Waals surface area contributed by atoms with E-state index >= 15 is 0 Å². The van der Waals surface area contributed by atoms with Gasteiger partial charge in [0.1, 0.15) is 0 Å². The average molecular weight is 248 g/mol. The molecule has 0 radical (unpaired) electrons. The van der Waals surface area contributed by atoms with Crippen LogP contribution in [0.3, 0.4) is 0 Å². The third kappa shape index (κ3) is 2.57. The molecule has 1 saturated heterocycles. The number of rotatable bonds is 3. The van der Waals surface area contributed by atoms with Crippen LogP contribution >= 0.6 is 0 Å². The van der Waals surface area contributed by atoms with Crippen LogP contribution in [0.2, 0.25) is 0 Å². The van der Waals surface area contributed by atoms with Crippen LogP contribution in [0.25, 0.3) is 0 Å². The minimum atomic E-state index is -3.22. The Morgan fingerprint density at radius 1 is 1.38 bits per heavy atom. The maximum absolute atomic E-state index is 12.3. The second-order valence-electron chi connectivity index (χ2n) is 5.22. The molecule has 0 bridgehead atoms. The van der Waals surface area contributed by atoms with Crippen LogP contribution in [0, 0.1) is 11.8 Å². The second kappa shape index (κ2) is 5.02. The van der Waals surface area contributed by atoms with Crippen molar-refractivity contribution in [3.05, 3.63) is 0 Å². The molecule has 0 spiro atoms. The van der Waals surface area contributed by atoms with Gasteiger partial charge >= 0.3 is 0 Å². The molecule has 1 heterocycles. The molecule has 1 fully saturated rings. The van der Waals surface area contributed by atoms with Gasteiger partial charge in [0.25, 0.3) is 0 Å². The van der Waals surface area contributed by atoms with E-state index in [0.29, 0.717) is 18.4 Å². The first-order valence-corrected chi connectivity index (χ1v) is 7.51. The smallest absolute Gasteiger partial charge is 0.218 e. The van der Waals surface area contributed by atoms with Gasteiger partial charge in [-0.2, -0.15) is 4.31 Å². The SMILES string of the molecule is CC1CC(C)C(C)N(S(=O)(=O)C(C)CN)C1. The van der Waals surface area contributed by atoms with Gasteiger partial charge < -0.3 is 5.73 Å². The molecule has 4 unspecified atom stereocenters. The Bertz CT molecular complexity index is 329. The van der Waals surface area contributed by atoms with Crippen molar-refractivity contribution in [2.45, 2.75) is 45.4 Å². The number of nitrogens with two attached hydrogens (primary N) is 1. The molecule has 0 aliphatic carbocycles. The van der Waals surface area contributed by atoms with E-state index in [1.54, 1.807) is 11.2 Å². The molecule has 16 heavy (non-hydrogen) atoms. The topological polar surface area (TPSA) is 63.4 Å². The average Bonchev–Trinajstić information content (AvgIpc) is 2.21. The number of piperidine rings is 1. The predicted octanol–water partition coefficient (Wildman–Crippen LogP) is 1.03. The Hall–Kier alpha value is -0.130. The van der Waals surface area contributed by atoms with Crippen LogP contribution < -0.4 is 5.73 Å². The first kappa shape index (κ1) is 13.9. The molecule has 0 amide bonds. The van der Waals surface area contributed by atoms with Crippen molar-refractivity contribution in [3.63, 3.8) is 0 Å². The van der Waals surface area contributed by atoms with E-state index in [-0.39, 0.29) is 12.6 Å². The van der Waals surface area contributed by atoms with E-state index in [1.807, 2.05) is 6.92 Å². The van der Waals surface area contributed by atoms with Crippen LogP contribution in [0.15, 0.2) is 0 Å². The highest BCUT2D eigenvalue weighted by Gasteiger charge is 2.38. The van der Waals surface area contributed by atoms with Gasteiger partial charge in [-0.3, -0.25) is 0 Å². The molecule has 2 N–H and O–H groups in total. The van der Waals surface area contributed by atoms with Crippen LogP contribution in [0.4, 0.5) is 0 Å². The summed E-state index contributed by atoms with van der Waals surface area (Å²) in [6, 6.07) is 0.0928. The van der Waals surface area contributed by atoms with Gasteiger partial charge in [0.2, 0.25) is 10.0 Å². The van der Waals surface area contributed by atoms with E-state index in [2.05, 4.69) is 13.8 Å². The molecule has 4 nitrogen and oxygen atoms in total. The number of hydrogen-bond donors (Lipinski definition) is 1. The van der Waals surface area contributed by atoms with Crippen molar-refractivity contribution in [3.8, 4) is 0 Å². The summed E-state index contributed by atoms with van der Waals surface area (Å²) in [6.07, 6.45) is 1.10. The largest absolute Gasteiger partial charge is 0.329 e. The van der Waals surface area contributed by atoms with Gasteiger partial charge in [0, 0.05) is 19.1 Å². The fourth-order valence-electron chi connectivity index (χ4n) is 2.35. The molecule has 0 aromatic heterocycles. The van der Waals surface area contributed by atoms with E-state index in [1.165, 1.54) is 0 Å². The molecule has 0 aromatic rings. The van der Waals surface area contributed by atoms with Gasteiger partial charge in [0.05, 0.1) is 5.25 Å². The Kier molecular flexibility index (Phi) is 4.37. The zero-order valence-corrected chi connectivity index (χ0v) is 11.5. The van der Waals surface area contributed by atoms with Crippen LogP contribution in [-0.2, 0) is 10.0 Å². The van der Waals surface area contributed by atoms with Crippen LogP contribution in [0.5, 0.6) is 0 Å². The Balaban J connectivity index is 2.93. The van der Waals surface area contributed by atoms with Gasteiger partial charge in [-0.25, -0.2) is 8.42 Å². The zero-order valence-electron chi connectivity index (χ0n) is 10.7. The van der Waals surface area contributed by atoms with Gasteiger partial charge in [-0.05, 0) is 32.1 Å². The maximum Gasteiger partial charge on any atom is 0.218 e. The van der Waals surface area contributed by atoms with E-state index in [0.717, 1.165) is 6.42 Å². The summed E-state index contributed by atoms with van der Waals surface area (Å²) in [5.74, 6) is 0.856. The summed E-state index contributed by atoms with van der Waals surface area (Å²) in [5, 5.41) is -0.479. The van der Waals surface area contributed by atoms with E-state index in [9.17, 15) is 8.42 Å². The van der Waals surface area contributed by atoms with Crippen molar-refractivity contribution in [2.24, 2.45) is 17.6 Å². The Labute approximate surface area is 99.2 Å². The lowest BCUT2D eigenvalue weighted by Crippen LogP contribution is -2.52. The lowest BCUT2D eigenvalue weighted by Gasteiger charge is -2.41. The van der Waals surface area contributed by atoms with E-state index in [4.69, 9.17) is 5.73 Å². The minimum Gasteiger partial charge on any atom is -0.329 e. The molecule has 1 aliphatic rings. The molecule has 5 heteroatoms. The number of nitrogens with zero attached hydrogens (tertiary/aromatic N) is 1. The quantitative estimate of drug-likeness (QED) is 0.811. The summed E-state index contributed by atoms with van der Waals surface area (Å²) in [7, 11) is -3.22. The fourth-order valence-corrected chi connectivity index (χ4v) is 4.19. The molecule has 0 aromatic carbocycles. The van der Waals surface area contributed by atoms with Crippen molar-refractivity contribution in [1.29, 1.82) is 0 Å². The minimum absolute atomic E-state index is 0.0928. The van der Waals surface area contributed by atoms with E-state index < -0.39 is 15.3 Å². The first-order valence-electron chi connectivity index (χ1n) is 6.01. The summed E-state index contributed by atoms with van der Waals surface area (Å²) < 4.78 is 26.2. The summed E-state index contributed by atoms with van der Waals surface area (Å²) in [5.41, 5.74) is 5.47. The third-order valence-electron chi connectivity index (χ3n) is 3.71. The first-order chi connectivity index (χ1) is 7.30. The standard InChI is InChI=1S/C11H24N2O2S/c1-8-5-9(2)11(4)13(7-8)16(14,15)10(3)6-12/h8-11H,5-7,12H2,1-4H3. The predicted molar refractivity (Wildman–Crippen MR) is 66.5 cm³/mol. The van der Waals surface area contributed by atoms with Crippen LogP contribution in [-0.4, -0.2) is 37.1 Å². The van der Waals surface area contributed by atoms with Crippen molar-refractivity contribution >= 4 is 10.0 Å². The Morgan fingerprint density at radius 3 is 2.44 bits per heavy atom. The highest BCUT2D eigenvalue weighted by Crippen LogP contribution is 2.30. The molecular formula is C11H24N2O2S. The maximum atomic E-state index is 12.3. The highest BCUT2D eigenvalue weighted by molar-refractivity contribution is 7.89. The number of hydrogen-bond acceptors (Lipinski definition) is 3. The summed E-state index contributed by atoms with van der Waals surface area (Å²) in [4.78, 5) is 0. The lowest BCUT2D eigenvalue weighted by molar-refractivity contribution is 0.156.